The summed E-state index contributed by atoms with van der Waals surface area (Å²) < 4.78 is 0. The second-order valence-corrected chi connectivity index (χ2v) is 3.90. The van der Waals surface area contributed by atoms with E-state index in [0.717, 1.165) is 0 Å². The average molecular weight is 108 g/mol. The molecule has 0 aromatic heterocycles. The van der Waals surface area contributed by atoms with Crippen molar-refractivity contribution in [3.05, 3.63) is 0 Å². The summed E-state index contributed by atoms with van der Waals surface area (Å²) in [4.78, 5) is 0. The lowest BCUT2D eigenvalue weighted by atomic mass is 10.0. The molecule has 3 aliphatic rings. The predicted octanol–water partition coefficient (Wildman–Crippen LogP) is 2.05. The van der Waals surface area contributed by atoms with Crippen molar-refractivity contribution in [3.8, 4) is 0 Å². The van der Waals surface area contributed by atoms with E-state index in [1.54, 1.807) is 25.7 Å². The Hall–Kier alpha value is 0. The molecule has 0 N–H and O–H groups in total. The fraction of sp³-hybridized carbons (Fsp3) is 1.00. The van der Waals surface area contributed by atoms with E-state index in [1.807, 2.05) is 0 Å². The van der Waals surface area contributed by atoms with Crippen LogP contribution in [0.5, 0.6) is 0 Å². The maximum Gasteiger partial charge on any atom is -0.0352 e. The van der Waals surface area contributed by atoms with Gasteiger partial charge in [-0.3, -0.25) is 0 Å². The highest BCUT2D eigenvalue weighted by Gasteiger charge is 2.56. The molecule has 44 valence electrons. The first-order valence-electron chi connectivity index (χ1n) is 3.95. The molecule has 3 fully saturated rings. The molecule has 0 amide bonds. The standard InChI is InChI=1S/C8H12/c1-2-6-4-8(6)7-3-5(1)7/h5-8H,1-4H2/t5-,6-,7+,8+/m0/s1. The zero-order valence-electron chi connectivity index (χ0n) is 5.14. The van der Waals surface area contributed by atoms with Crippen molar-refractivity contribution in [1.82, 2.24) is 0 Å². The van der Waals surface area contributed by atoms with Gasteiger partial charge < -0.3 is 0 Å². The lowest BCUT2D eigenvalue weighted by Crippen LogP contribution is -1.96. The third-order valence-corrected chi connectivity index (χ3v) is 3.41. The van der Waals surface area contributed by atoms with Gasteiger partial charge in [-0.1, -0.05) is 0 Å². The van der Waals surface area contributed by atoms with Gasteiger partial charge in [0.05, 0.1) is 0 Å². The Bertz CT molecular complexity index is 112. The smallest absolute Gasteiger partial charge is 0.0352 e. The van der Waals surface area contributed by atoms with Crippen LogP contribution in [0.3, 0.4) is 0 Å². The average Bonchev–Trinajstić information content (AvgIpc) is 2.59. The first-order chi connectivity index (χ1) is 3.95. The fourth-order valence-corrected chi connectivity index (χ4v) is 2.68. The number of rotatable bonds is 0. The molecule has 0 saturated heterocycles. The number of fused-ring (bicyclic) bond motifs is 3. The quantitative estimate of drug-likeness (QED) is 0.445. The van der Waals surface area contributed by atoms with E-state index in [4.69, 9.17) is 0 Å². The second kappa shape index (κ2) is 0.984. The van der Waals surface area contributed by atoms with Gasteiger partial charge in [0.15, 0.2) is 0 Å². The summed E-state index contributed by atoms with van der Waals surface area (Å²) in [6.45, 7) is 0. The van der Waals surface area contributed by atoms with Gasteiger partial charge in [0.2, 0.25) is 0 Å². The van der Waals surface area contributed by atoms with Crippen LogP contribution in [-0.2, 0) is 0 Å². The van der Waals surface area contributed by atoms with E-state index in [9.17, 15) is 0 Å². The van der Waals surface area contributed by atoms with Gasteiger partial charge in [-0.25, -0.2) is 0 Å². The van der Waals surface area contributed by atoms with Crippen molar-refractivity contribution in [2.45, 2.75) is 25.7 Å². The zero-order chi connectivity index (χ0) is 5.14. The van der Waals surface area contributed by atoms with E-state index >= 15 is 0 Å². The SMILES string of the molecule is C1C[C@H]2C[C@H]2[C@@H]2C[C@H]12. The van der Waals surface area contributed by atoms with Crippen LogP contribution in [0.15, 0.2) is 0 Å². The van der Waals surface area contributed by atoms with Gasteiger partial charge in [-0.15, -0.1) is 0 Å². The summed E-state index contributed by atoms with van der Waals surface area (Å²) in [6, 6.07) is 0. The topological polar surface area (TPSA) is 0 Å². The Morgan fingerprint density at radius 1 is 0.750 bits per heavy atom. The monoisotopic (exact) mass is 108 g/mol. The van der Waals surface area contributed by atoms with Crippen LogP contribution in [0.25, 0.3) is 0 Å². The van der Waals surface area contributed by atoms with Crippen molar-refractivity contribution in [3.63, 3.8) is 0 Å². The minimum Gasteiger partial charge on any atom is -0.0499 e. The molecule has 0 aromatic rings. The van der Waals surface area contributed by atoms with Crippen molar-refractivity contribution in [1.29, 1.82) is 0 Å². The lowest BCUT2D eigenvalue weighted by molar-refractivity contribution is 0.456. The summed E-state index contributed by atoms with van der Waals surface area (Å²) in [5.74, 6) is 4.93. The molecular formula is C8H12. The predicted molar refractivity (Wildman–Crippen MR) is 32.4 cm³/mol. The molecule has 3 rings (SSSR count). The molecule has 8 heavy (non-hydrogen) atoms. The molecule has 0 heterocycles. The van der Waals surface area contributed by atoms with Crippen LogP contribution < -0.4 is 0 Å². The summed E-state index contributed by atoms with van der Waals surface area (Å²) in [5.41, 5.74) is 0. The molecule has 0 spiro atoms. The number of hydrogen-bond donors (Lipinski definition) is 0. The highest BCUT2D eigenvalue weighted by molar-refractivity contribution is 5.06. The maximum absolute atomic E-state index is 1.61. The van der Waals surface area contributed by atoms with Crippen molar-refractivity contribution < 1.29 is 0 Å². The van der Waals surface area contributed by atoms with Crippen LogP contribution >= 0.6 is 0 Å². The summed E-state index contributed by atoms with van der Waals surface area (Å²) in [5, 5.41) is 0. The highest BCUT2D eigenvalue weighted by Crippen LogP contribution is 2.65. The van der Waals surface area contributed by atoms with Gasteiger partial charge in [0, 0.05) is 0 Å². The Morgan fingerprint density at radius 2 is 1.25 bits per heavy atom. The molecule has 0 aromatic carbocycles. The molecule has 0 nitrogen and oxygen atoms in total. The van der Waals surface area contributed by atoms with Crippen molar-refractivity contribution >= 4 is 0 Å². The van der Waals surface area contributed by atoms with Crippen LogP contribution in [-0.4, -0.2) is 0 Å². The normalized spacial score (nSPS) is 66.0. The summed E-state index contributed by atoms with van der Waals surface area (Å²) >= 11 is 0. The molecule has 0 heteroatoms. The fourth-order valence-electron chi connectivity index (χ4n) is 2.68. The molecular weight excluding hydrogens is 96.1 g/mol. The van der Waals surface area contributed by atoms with Gasteiger partial charge in [0.1, 0.15) is 0 Å². The Morgan fingerprint density at radius 3 is 1.75 bits per heavy atom. The van der Waals surface area contributed by atoms with Gasteiger partial charge in [-0.05, 0) is 49.4 Å². The van der Waals surface area contributed by atoms with Crippen LogP contribution in [0.1, 0.15) is 25.7 Å². The van der Waals surface area contributed by atoms with E-state index in [1.165, 1.54) is 23.7 Å². The second-order valence-electron chi connectivity index (χ2n) is 3.90. The first kappa shape index (κ1) is 3.92. The maximum atomic E-state index is 1.61. The van der Waals surface area contributed by atoms with Crippen LogP contribution in [0, 0.1) is 23.7 Å². The van der Waals surface area contributed by atoms with Crippen molar-refractivity contribution in [2.75, 3.05) is 0 Å². The molecule has 0 radical (unpaired) electrons. The third-order valence-electron chi connectivity index (χ3n) is 3.41. The van der Waals surface area contributed by atoms with E-state index in [0.29, 0.717) is 0 Å². The lowest BCUT2D eigenvalue weighted by Gasteiger charge is -2.04. The minimum absolute atomic E-state index is 1.22. The summed E-state index contributed by atoms with van der Waals surface area (Å²) in [6.07, 6.45) is 6.40. The van der Waals surface area contributed by atoms with Gasteiger partial charge in [-0.2, -0.15) is 0 Å². The van der Waals surface area contributed by atoms with E-state index < -0.39 is 0 Å². The van der Waals surface area contributed by atoms with E-state index in [2.05, 4.69) is 0 Å². The van der Waals surface area contributed by atoms with E-state index in [-0.39, 0.29) is 0 Å². The third kappa shape index (κ3) is 0.340. The summed E-state index contributed by atoms with van der Waals surface area (Å²) in [7, 11) is 0. The Balaban J connectivity index is 1.89. The Labute approximate surface area is 50.3 Å². The first-order valence-corrected chi connectivity index (χ1v) is 3.95. The largest absolute Gasteiger partial charge is 0.0499 e. The minimum atomic E-state index is 1.22. The van der Waals surface area contributed by atoms with Crippen molar-refractivity contribution in [2.24, 2.45) is 23.7 Å². The molecule has 4 atom stereocenters. The molecule has 3 aliphatic carbocycles. The van der Waals surface area contributed by atoms with Gasteiger partial charge in [0.25, 0.3) is 0 Å². The highest BCUT2D eigenvalue weighted by atomic mass is 14.6. The molecule has 0 bridgehead atoms. The molecule has 0 aliphatic heterocycles. The van der Waals surface area contributed by atoms with Crippen LogP contribution in [0.4, 0.5) is 0 Å². The molecule has 3 saturated carbocycles. The van der Waals surface area contributed by atoms with Gasteiger partial charge >= 0.3 is 0 Å². The Kier molecular flexibility index (Phi) is 0.482. The van der Waals surface area contributed by atoms with Crippen LogP contribution in [0.2, 0.25) is 0 Å². The number of hydrogen-bond acceptors (Lipinski definition) is 0. The zero-order valence-corrected chi connectivity index (χ0v) is 5.14. The molecule has 0 unspecified atom stereocenters.